The van der Waals surface area contributed by atoms with Crippen molar-refractivity contribution in [3.8, 4) is 16.2 Å². The Hall–Kier alpha value is -2.64. The smallest absolute Gasteiger partial charge is 0.310 e. The molecule has 0 radical (unpaired) electrons. The van der Waals surface area contributed by atoms with E-state index in [1.165, 1.54) is 37.4 Å². The number of carboxylic acid groups (broad SMARTS) is 1. The molecule has 3 N–H and O–H groups in total. The molecule has 0 fully saturated rings. The number of aromatic hydroxyl groups is 1. The van der Waals surface area contributed by atoms with Crippen molar-refractivity contribution < 1.29 is 19.8 Å². The van der Waals surface area contributed by atoms with Crippen LogP contribution in [-0.2, 0) is 11.2 Å². The predicted octanol–water partition coefficient (Wildman–Crippen LogP) is 4.68. The van der Waals surface area contributed by atoms with Gasteiger partial charge < -0.3 is 15.5 Å². The Kier molecular flexibility index (Phi) is 7.21. The third-order valence-corrected chi connectivity index (χ3v) is 5.59. The average Bonchev–Trinajstić information content (AvgIpc) is 3.07. The van der Waals surface area contributed by atoms with Gasteiger partial charge >= 0.3 is 5.97 Å². The quantitative estimate of drug-likeness (QED) is 0.523. The first-order chi connectivity index (χ1) is 13.5. The molecule has 2 aromatic heterocycles. The minimum absolute atomic E-state index is 0.0869. The maximum Gasteiger partial charge on any atom is 0.310 e. The largest absolute Gasteiger partial charge is 0.505 e. The monoisotopic (exact) mass is 434 g/mol. The highest BCUT2D eigenvalue weighted by atomic mass is 35.5. The molecular weight excluding hydrogens is 412 g/mol. The summed E-state index contributed by atoms with van der Waals surface area (Å²) >= 11 is 7.31. The maximum absolute atomic E-state index is 12.3. The number of pyridine rings is 1. The summed E-state index contributed by atoms with van der Waals surface area (Å²) in [6, 6.07) is 3.48. The number of aliphatic carboxylic acids is 1. The summed E-state index contributed by atoms with van der Waals surface area (Å²) in [4.78, 5) is 29.4. The maximum atomic E-state index is 12.3. The van der Waals surface area contributed by atoms with Gasteiger partial charge in [0.15, 0.2) is 5.69 Å². The molecule has 29 heavy (non-hydrogen) atoms. The number of aromatic nitrogens is 1. The lowest BCUT2D eigenvalue weighted by Gasteiger charge is -2.19. The minimum Gasteiger partial charge on any atom is -0.505 e. The first kappa shape index (κ1) is 22.6. The molecule has 0 atom stereocenters. The molecule has 0 aliphatic heterocycles. The number of nitrogens with one attached hydrogen (secondary N) is 1. The summed E-state index contributed by atoms with van der Waals surface area (Å²) in [7, 11) is 0. The van der Waals surface area contributed by atoms with Crippen LogP contribution in [0.1, 0.15) is 41.7 Å². The molecule has 0 aromatic carbocycles. The molecule has 8 heteroatoms. The van der Waals surface area contributed by atoms with Gasteiger partial charge in [-0.15, -0.1) is 11.3 Å². The van der Waals surface area contributed by atoms with Gasteiger partial charge in [-0.1, -0.05) is 25.1 Å². The lowest BCUT2D eigenvalue weighted by Crippen LogP contribution is -2.39. The molecule has 0 spiro atoms. The number of carboxylic acids is 1. The molecule has 0 aliphatic rings. The van der Waals surface area contributed by atoms with Crippen LogP contribution in [0.3, 0.4) is 0 Å². The van der Waals surface area contributed by atoms with Crippen LogP contribution >= 0.6 is 22.9 Å². The third kappa shape index (κ3) is 5.68. The van der Waals surface area contributed by atoms with Gasteiger partial charge in [0.1, 0.15) is 5.75 Å². The second-order valence-electron chi connectivity index (χ2n) is 7.10. The van der Waals surface area contributed by atoms with Crippen molar-refractivity contribution in [1.82, 2.24) is 10.3 Å². The fourth-order valence-corrected chi connectivity index (χ4v) is 3.59. The summed E-state index contributed by atoms with van der Waals surface area (Å²) < 4.78 is 0. The minimum atomic E-state index is -1.13. The van der Waals surface area contributed by atoms with Gasteiger partial charge in [0, 0.05) is 33.1 Å². The molecule has 2 rings (SSSR count). The van der Waals surface area contributed by atoms with E-state index >= 15 is 0 Å². The zero-order valence-corrected chi connectivity index (χ0v) is 18.0. The Morgan fingerprint density at radius 2 is 2.07 bits per heavy atom. The number of rotatable bonds is 8. The number of aryl methyl sites for hydroxylation is 1. The van der Waals surface area contributed by atoms with E-state index in [2.05, 4.69) is 16.9 Å². The van der Waals surface area contributed by atoms with E-state index < -0.39 is 17.3 Å². The molecule has 6 nitrogen and oxygen atoms in total. The number of nitrogens with zero attached hydrogens (tertiary/aromatic N) is 1. The van der Waals surface area contributed by atoms with E-state index in [9.17, 15) is 14.7 Å². The van der Waals surface area contributed by atoms with E-state index in [0.29, 0.717) is 10.6 Å². The lowest BCUT2D eigenvalue weighted by atomic mass is 9.94. The summed E-state index contributed by atoms with van der Waals surface area (Å²) in [5, 5.41) is 22.3. The summed E-state index contributed by atoms with van der Waals surface area (Å²) in [6.45, 7) is 8.59. The first-order valence-electron chi connectivity index (χ1n) is 8.91. The molecule has 0 bridgehead atoms. The highest BCUT2D eigenvalue weighted by Crippen LogP contribution is 2.34. The summed E-state index contributed by atoms with van der Waals surface area (Å²) in [5.74, 6) is -1.93. The molecule has 2 aromatic rings. The van der Waals surface area contributed by atoms with Gasteiger partial charge in [-0.05, 0) is 50.1 Å². The number of halogens is 1. The van der Waals surface area contributed by atoms with Crippen LogP contribution in [0.2, 0.25) is 0 Å². The number of carbonyl (C=O) groups is 2. The van der Waals surface area contributed by atoms with Gasteiger partial charge in [-0.2, -0.15) is 0 Å². The topological polar surface area (TPSA) is 99.5 Å². The standard InChI is InChI=1S/C21H23ClN2O4S/c1-5-13-9-17(29-16(13)7-6-12(2)22)14-8-15(25)18(23-10-14)19(26)24-11-21(3,4)20(27)28/h6-10,25H,2,5,11H2,1,3-4H3,(H,24,26)(H,27,28)/b7-6-. The lowest BCUT2D eigenvalue weighted by molar-refractivity contribution is -0.146. The Labute approximate surface area is 178 Å². The van der Waals surface area contributed by atoms with Crippen molar-refractivity contribution in [2.24, 2.45) is 5.41 Å². The van der Waals surface area contributed by atoms with Gasteiger partial charge in [-0.25, -0.2) is 4.98 Å². The van der Waals surface area contributed by atoms with Crippen LogP contribution in [0.15, 0.2) is 36.0 Å². The van der Waals surface area contributed by atoms with Crippen LogP contribution in [0.5, 0.6) is 5.75 Å². The van der Waals surface area contributed by atoms with Crippen LogP contribution in [0.4, 0.5) is 0 Å². The van der Waals surface area contributed by atoms with Crippen LogP contribution in [0.25, 0.3) is 16.5 Å². The molecule has 1 amide bonds. The second-order valence-corrected chi connectivity index (χ2v) is 8.67. The van der Waals surface area contributed by atoms with Crippen molar-refractivity contribution in [2.75, 3.05) is 6.54 Å². The van der Waals surface area contributed by atoms with Crippen molar-refractivity contribution in [3.05, 3.63) is 52.2 Å². The number of thiophene rings is 1. The first-order valence-corrected chi connectivity index (χ1v) is 10.1. The zero-order chi connectivity index (χ0) is 21.8. The number of allylic oxidation sites excluding steroid dienone is 2. The van der Waals surface area contributed by atoms with Gasteiger partial charge in [0.05, 0.1) is 5.41 Å². The number of amides is 1. The van der Waals surface area contributed by atoms with E-state index in [0.717, 1.165) is 21.7 Å². The summed E-state index contributed by atoms with van der Waals surface area (Å²) in [5.41, 5.74) is 0.517. The number of carbonyl (C=O) groups excluding carboxylic acids is 1. The van der Waals surface area contributed by atoms with E-state index in [-0.39, 0.29) is 18.0 Å². The summed E-state index contributed by atoms with van der Waals surface area (Å²) in [6.07, 6.45) is 5.94. The van der Waals surface area contributed by atoms with Crippen molar-refractivity contribution in [2.45, 2.75) is 27.2 Å². The van der Waals surface area contributed by atoms with Crippen molar-refractivity contribution in [1.29, 1.82) is 0 Å². The fraction of sp³-hybridized carbons (Fsp3) is 0.286. The Balaban J connectivity index is 2.24. The second kappa shape index (κ2) is 9.24. The van der Waals surface area contributed by atoms with Crippen LogP contribution < -0.4 is 5.32 Å². The van der Waals surface area contributed by atoms with Gasteiger partial charge in [-0.3, -0.25) is 9.59 Å². The predicted molar refractivity (Wildman–Crippen MR) is 116 cm³/mol. The highest BCUT2D eigenvalue weighted by molar-refractivity contribution is 7.16. The molecule has 2 heterocycles. The fourth-order valence-electron chi connectivity index (χ4n) is 2.39. The highest BCUT2D eigenvalue weighted by Gasteiger charge is 2.28. The van der Waals surface area contributed by atoms with Gasteiger partial charge in [0.25, 0.3) is 5.91 Å². The Bertz CT molecular complexity index is 979. The third-order valence-electron chi connectivity index (χ3n) is 4.28. The average molecular weight is 435 g/mol. The molecule has 0 unspecified atom stereocenters. The SMILES string of the molecule is C=C(Cl)/C=C\c1sc(-c2cnc(C(=O)NCC(C)(C)C(=O)O)c(O)c2)cc1CC. The zero-order valence-electron chi connectivity index (χ0n) is 16.5. The Morgan fingerprint density at radius 1 is 1.38 bits per heavy atom. The van der Waals surface area contributed by atoms with E-state index in [1.807, 2.05) is 19.1 Å². The van der Waals surface area contributed by atoms with Crippen molar-refractivity contribution >= 4 is 40.9 Å². The van der Waals surface area contributed by atoms with Crippen molar-refractivity contribution in [3.63, 3.8) is 0 Å². The molecular formula is C21H23ClN2O4S. The molecule has 0 saturated heterocycles. The Morgan fingerprint density at radius 3 is 2.62 bits per heavy atom. The number of hydrogen-bond acceptors (Lipinski definition) is 5. The van der Waals surface area contributed by atoms with Crippen LogP contribution in [-0.4, -0.2) is 33.6 Å². The van der Waals surface area contributed by atoms with Gasteiger partial charge in [0.2, 0.25) is 0 Å². The van der Waals surface area contributed by atoms with E-state index in [1.54, 1.807) is 6.08 Å². The molecule has 0 aliphatic carbocycles. The van der Waals surface area contributed by atoms with E-state index in [4.69, 9.17) is 16.7 Å². The molecule has 0 saturated carbocycles. The number of hydrogen-bond donors (Lipinski definition) is 3. The van der Waals surface area contributed by atoms with Crippen LogP contribution in [0, 0.1) is 5.41 Å². The normalized spacial score (nSPS) is 11.6. The molecule has 154 valence electrons.